The molecule has 0 amide bonds. The van der Waals surface area contributed by atoms with Crippen LogP contribution in [0.5, 0.6) is 0 Å². The van der Waals surface area contributed by atoms with E-state index in [9.17, 15) is 22.0 Å². The maximum Gasteiger partial charge on any atom is 0.282 e. The van der Waals surface area contributed by atoms with E-state index in [0.717, 1.165) is 16.4 Å². The molecule has 11 heteroatoms. The summed E-state index contributed by atoms with van der Waals surface area (Å²) in [5.74, 6) is -1.96. The fraction of sp³-hybridized carbons (Fsp3) is 0.333. The van der Waals surface area contributed by atoms with Gasteiger partial charge in [-0.3, -0.25) is 4.79 Å². The van der Waals surface area contributed by atoms with Gasteiger partial charge in [0.1, 0.15) is 21.0 Å². The van der Waals surface area contributed by atoms with Crippen molar-refractivity contribution in [1.29, 1.82) is 0 Å². The summed E-state index contributed by atoms with van der Waals surface area (Å²) in [5.41, 5.74) is 0.268. The molecule has 2 heterocycles. The number of piperazine rings is 1. The average Bonchev–Trinajstić information content (AvgIpc) is 2.60. The van der Waals surface area contributed by atoms with Gasteiger partial charge in [0.2, 0.25) is 10.0 Å². The lowest BCUT2D eigenvalue weighted by Crippen LogP contribution is -2.49. The van der Waals surface area contributed by atoms with Crippen molar-refractivity contribution in [2.75, 3.05) is 31.1 Å². The fourth-order valence-corrected chi connectivity index (χ4v) is 4.79. The van der Waals surface area contributed by atoms with Crippen LogP contribution in [0.1, 0.15) is 0 Å². The number of hydrogen-bond acceptors (Lipinski definition) is 5. The molecular weight excluding hydrogens is 434 g/mol. The smallest absolute Gasteiger partial charge is 0.282 e. The molecule has 26 heavy (non-hydrogen) atoms. The minimum Gasteiger partial charge on any atom is -0.367 e. The number of hydrogen-bond donors (Lipinski definition) is 0. The van der Waals surface area contributed by atoms with Gasteiger partial charge in [-0.25, -0.2) is 21.9 Å². The summed E-state index contributed by atoms with van der Waals surface area (Å²) in [4.78, 5) is 13.2. The highest BCUT2D eigenvalue weighted by molar-refractivity contribution is 9.10. The van der Waals surface area contributed by atoms with Crippen molar-refractivity contribution in [3.05, 3.63) is 50.9 Å². The Morgan fingerprint density at radius 1 is 1.15 bits per heavy atom. The van der Waals surface area contributed by atoms with E-state index in [1.54, 1.807) is 0 Å². The second-order valence-electron chi connectivity index (χ2n) is 5.74. The van der Waals surface area contributed by atoms with Gasteiger partial charge in [-0.1, -0.05) is 0 Å². The molecule has 0 radical (unpaired) electrons. The van der Waals surface area contributed by atoms with Gasteiger partial charge < -0.3 is 4.90 Å². The van der Waals surface area contributed by atoms with E-state index in [4.69, 9.17) is 0 Å². The molecule has 140 valence electrons. The second kappa shape index (κ2) is 7.05. The number of sulfonamides is 1. The van der Waals surface area contributed by atoms with E-state index >= 15 is 0 Å². The zero-order chi connectivity index (χ0) is 19.1. The van der Waals surface area contributed by atoms with Crippen LogP contribution in [0.3, 0.4) is 0 Å². The largest absolute Gasteiger partial charge is 0.367 e. The molecule has 7 nitrogen and oxygen atoms in total. The number of halogens is 3. The van der Waals surface area contributed by atoms with Crippen LogP contribution in [0.15, 0.2) is 38.6 Å². The zero-order valence-corrected chi connectivity index (χ0v) is 16.1. The number of aromatic nitrogens is 2. The van der Waals surface area contributed by atoms with Gasteiger partial charge in [0.25, 0.3) is 5.56 Å². The van der Waals surface area contributed by atoms with Gasteiger partial charge >= 0.3 is 0 Å². The molecule has 2 aromatic rings. The molecule has 1 aliphatic heterocycles. The van der Waals surface area contributed by atoms with Crippen LogP contribution in [0.2, 0.25) is 0 Å². The molecule has 0 bridgehead atoms. The molecule has 3 rings (SSSR count). The van der Waals surface area contributed by atoms with E-state index in [1.807, 2.05) is 4.90 Å². The Morgan fingerprint density at radius 3 is 2.42 bits per heavy atom. The molecule has 1 fully saturated rings. The first-order valence-corrected chi connectivity index (χ1v) is 9.87. The monoisotopic (exact) mass is 448 g/mol. The Hall–Kier alpha value is -1.85. The van der Waals surface area contributed by atoms with Crippen LogP contribution in [0, 0.1) is 11.6 Å². The van der Waals surface area contributed by atoms with Crippen LogP contribution < -0.4 is 10.5 Å². The lowest BCUT2D eigenvalue weighted by atomic mass is 10.3. The standard InChI is InChI=1S/C15H15BrF2N4O3S/c1-20-15(23)14(16)12(9-19-20)21-4-6-22(7-5-21)26(24,25)13-3-2-10(17)8-11(13)18/h2-3,8-9H,4-7H2,1H3. The van der Waals surface area contributed by atoms with Crippen molar-refractivity contribution < 1.29 is 17.2 Å². The first kappa shape index (κ1) is 18.9. The molecule has 0 aliphatic carbocycles. The van der Waals surface area contributed by atoms with Crippen LogP contribution in [-0.4, -0.2) is 48.7 Å². The van der Waals surface area contributed by atoms with Crippen LogP contribution in [0.25, 0.3) is 0 Å². The average molecular weight is 449 g/mol. The Labute approximate surface area is 157 Å². The molecule has 1 aromatic carbocycles. The molecule has 1 aromatic heterocycles. The Morgan fingerprint density at radius 2 is 1.81 bits per heavy atom. The predicted molar refractivity (Wildman–Crippen MR) is 94.5 cm³/mol. The topological polar surface area (TPSA) is 75.5 Å². The van der Waals surface area contributed by atoms with Gasteiger partial charge in [-0.05, 0) is 28.1 Å². The van der Waals surface area contributed by atoms with Crippen molar-refractivity contribution in [2.24, 2.45) is 7.05 Å². The maximum absolute atomic E-state index is 13.9. The lowest BCUT2D eigenvalue weighted by Gasteiger charge is -2.35. The maximum atomic E-state index is 13.9. The minimum absolute atomic E-state index is 0.0980. The number of benzene rings is 1. The first-order chi connectivity index (χ1) is 12.2. The molecule has 0 N–H and O–H groups in total. The summed E-state index contributed by atoms with van der Waals surface area (Å²) in [6, 6.07) is 2.38. The van der Waals surface area contributed by atoms with E-state index < -0.39 is 26.6 Å². The Balaban J connectivity index is 1.80. The summed E-state index contributed by atoms with van der Waals surface area (Å²) in [5, 5.41) is 3.97. The number of rotatable bonds is 3. The summed E-state index contributed by atoms with van der Waals surface area (Å²) in [6.07, 6.45) is 1.52. The molecule has 0 saturated carbocycles. The summed E-state index contributed by atoms with van der Waals surface area (Å²) in [6.45, 7) is 0.798. The van der Waals surface area contributed by atoms with E-state index in [-0.39, 0.29) is 18.6 Å². The third kappa shape index (κ3) is 3.38. The molecular formula is C15H15BrF2N4O3S. The number of aryl methyl sites for hydroxylation is 1. The highest BCUT2D eigenvalue weighted by atomic mass is 79.9. The van der Waals surface area contributed by atoms with Crippen LogP contribution in [-0.2, 0) is 17.1 Å². The molecule has 0 spiro atoms. The van der Waals surface area contributed by atoms with Gasteiger partial charge in [-0.2, -0.15) is 9.40 Å². The van der Waals surface area contributed by atoms with E-state index in [0.29, 0.717) is 29.3 Å². The fourth-order valence-electron chi connectivity index (χ4n) is 2.72. The van der Waals surface area contributed by atoms with Gasteiger partial charge in [-0.15, -0.1) is 0 Å². The third-order valence-electron chi connectivity index (χ3n) is 4.15. The van der Waals surface area contributed by atoms with Crippen molar-refractivity contribution in [1.82, 2.24) is 14.1 Å². The highest BCUT2D eigenvalue weighted by Gasteiger charge is 2.31. The van der Waals surface area contributed by atoms with Crippen LogP contribution in [0.4, 0.5) is 14.5 Å². The minimum atomic E-state index is -4.07. The number of anilines is 1. The van der Waals surface area contributed by atoms with Gasteiger partial charge in [0.15, 0.2) is 0 Å². The summed E-state index contributed by atoms with van der Waals surface area (Å²) < 4.78 is 54.8. The summed E-state index contributed by atoms with van der Waals surface area (Å²) in [7, 11) is -2.54. The lowest BCUT2D eigenvalue weighted by molar-refractivity contribution is 0.381. The van der Waals surface area contributed by atoms with E-state index in [1.165, 1.54) is 17.9 Å². The highest BCUT2D eigenvalue weighted by Crippen LogP contribution is 2.25. The SMILES string of the molecule is Cn1ncc(N2CCN(S(=O)(=O)c3ccc(F)cc3F)CC2)c(Br)c1=O. The van der Waals surface area contributed by atoms with E-state index in [2.05, 4.69) is 21.0 Å². The van der Waals surface area contributed by atoms with Crippen molar-refractivity contribution in [3.8, 4) is 0 Å². The van der Waals surface area contributed by atoms with Gasteiger partial charge in [0.05, 0.1) is 11.9 Å². The van der Waals surface area contributed by atoms with Crippen molar-refractivity contribution in [2.45, 2.75) is 4.90 Å². The first-order valence-electron chi connectivity index (χ1n) is 7.64. The molecule has 0 unspecified atom stereocenters. The van der Waals surface area contributed by atoms with Crippen LogP contribution >= 0.6 is 15.9 Å². The molecule has 0 atom stereocenters. The molecule has 1 aliphatic rings. The summed E-state index contributed by atoms with van der Waals surface area (Å²) >= 11 is 3.24. The molecule has 1 saturated heterocycles. The van der Waals surface area contributed by atoms with Crippen molar-refractivity contribution in [3.63, 3.8) is 0 Å². The normalized spacial score (nSPS) is 16.1. The Bertz CT molecular complexity index is 1000. The quantitative estimate of drug-likeness (QED) is 0.707. The second-order valence-corrected chi connectivity index (χ2v) is 8.44. The predicted octanol–water partition coefficient (Wildman–Crippen LogP) is 1.33. The zero-order valence-electron chi connectivity index (χ0n) is 13.7. The van der Waals surface area contributed by atoms with Crippen molar-refractivity contribution >= 4 is 31.6 Å². The number of nitrogens with zero attached hydrogens (tertiary/aromatic N) is 4. The van der Waals surface area contributed by atoms with Gasteiger partial charge in [0, 0.05) is 39.3 Å². The third-order valence-corrected chi connectivity index (χ3v) is 6.83. The Kier molecular flexibility index (Phi) is 5.13.